The normalized spacial score (nSPS) is 37.0. The summed E-state index contributed by atoms with van der Waals surface area (Å²) in [6.07, 6.45) is 12.1. The molecule has 0 aromatic rings. The van der Waals surface area contributed by atoms with Crippen LogP contribution in [-0.4, -0.2) is 34.4 Å². The van der Waals surface area contributed by atoms with Gasteiger partial charge in [-0.25, -0.2) is 4.99 Å². The Hall–Kier alpha value is -1.57. The first-order valence-electron chi connectivity index (χ1n) is 12.0. The molecular formula is C24H38N4O. The van der Waals surface area contributed by atoms with Crippen LogP contribution < -0.4 is 5.32 Å². The van der Waals surface area contributed by atoms with E-state index in [1.165, 1.54) is 32.1 Å². The number of nitrogens with zero attached hydrogens (tertiary/aromatic N) is 3. The van der Waals surface area contributed by atoms with Gasteiger partial charge in [-0.3, -0.25) is 10.1 Å². The number of amides is 1. The van der Waals surface area contributed by atoms with Gasteiger partial charge in [-0.15, -0.1) is 0 Å². The molecule has 0 radical (unpaired) electrons. The molecule has 0 aromatic carbocycles. The lowest BCUT2D eigenvalue weighted by Crippen LogP contribution is -2.61. The van der Waals surface area contributed by atoms with Crippen LogP contribution in [0.5, 0.6) is 0 Å². The van der Waals surface area contributed by atoms with E-state index >= 15 is 0 Å². The maximum Gasteiger partial charge on any atom is 0.226 e. The number of nitrogens with one attached hydrogen (secondary N) is 1. The minimum absolute atomic E-state index is 0.0913. The summed E-state index contributed by atoms with van der Waals surface area (Å²) in [5.41, 5.74) is 0.0913. The molecule has 5 nitrogen and oxygen atoms in total. The SMILES string of the molecule is CC1CCC([C@H](C)CC(=O)NC2=NC3CCC(C#N)CC3N2C2(C)CCC2)CC1. The summed E-state index contributed by atoms with van der Waals surface area (Å²) < 4.78 is 0. The lowest BCUT2D eigenvalue weighted by molar-refractivity contribution is -0.121. The molecule has 4 aliphatic rings. The van der Waals surface area contributed by atoms with Gasteiger partial charge in [-0.1, -0.05) is 26.7 Å². The first-order chi connectivity index (χ1) is 13.9. The highest BCUT2D eigenvalue weighted by Gasteiger charge is 2.50. The van der Waals surface area contributed by atoms with Crippen molar-refractivity contribution in [1.29, 1.82) is 5.26 Å². The van der Waals surface area contributed by atoms with Crippen LogP contribution in [0.4, 0.5) is 0 Å². The number of hydrogen-bond donors (Lipinski definition) is 1. The molecule has 0 aromatic heterocycles. The zero-order valence-electron chi connectivity index (χ0n) is 18.5. The van der Waals surface area contributed by atoms with Crippen molar-refractivity contribution >= 4 is 11.9 Å². The molecule has 0 spiro atoms. The van der Waals surface area contributed by atoms with Crippen molar-refractivity contribution in [2.75, 3.05) is 0 Å². The molecule has 0 bridgehead atoms. The quantitative estimate of drug-likeness (QED) is 0.750. The number of aliphatic imine (C=N–C) groups is 1. The van der Waals surface area contributed by atoms with Crippen molar-refractivity contribution in [3.05, 3.63) is 0 Å². The predicted molar refractivity (Wildman–Crippen MR) is 115 cm³/mol. The van der Waals surface area contributed by atoms with Gasteiger partial charge in [0.1, 0.15) is 0 Å². The topological polar surface area (TPSA) is 68.5 Å². The summed E-state index contributed by atoms with van der Waals surface area (Å²) in [6.45, 7) is 6.90. The largest absolute Gasteiger partial charge is 0.332 e. The molecule has 3 aliphatic carbocycles. The number of carbonyl (C=O) groups excluding carboxylic acids is 1. The standard InChI is InChI=1S/C24H38N4O/c1-16-5-8-19(9-6-16)17(2)13-22(29)27-23-26-20-10-7-18(15-25)14-21(20)28(23)24(3)11-4-12-24/h16-21H,4-14H2,1-3H3,(H,26,27,29)/t16?,17-,18?,19?,20?,21?/m1/s1. The van der Waals surface area contributed by atoms with Gasteiger partial charge in [0, 0.05) is 17.9 Å². The summed E-state index contributed by atoms with van der Waals surface area (Å²) in [5, 5.41) is 12.7. The summed E-state index contributed by atoms with van der Waals surface area (Å²) in [5.74, 6) is 3.01. The third-order valence-electron chi connectivity index (χ3n) is 8.45. The van der Waals surface area contributed by atoms with Crippen LogP contribution in [0.25, 0.3) is 0 Å². The van der Waals surface area contributed by atoms with E-state index in [0.29, 0.717) is 18.3 Å². The highest BCUT2D eigenvalue weighted by molar-refractivity contribution is 5.98. The van der Waals surface area contributed by atoms with Crippen molar-refractivity contribution in [3.63, 3.8) is 0 Å². The van der Waals surface area contributed by atoms with E-state index in [9.17, 15) is 10.1 Å². The van der Waals surface area contributed by atoms with E-state index in [4.69, 9.17) is 4.99 Å². The zero-order chi connectivity index (χ0) is 20.6. The minimum atomic E-state index is 0.0913. The third-order valence-corrected chi connectivity index (χ3v) is 8.45. The van der Waals surface area contributed by atoms with Gasteiger partial charge in [0.2, 0.25) is 11.9 Å². The van der Waals surface area contributed by atoms with Gasteiger partial charge in [0.25, 0.3) is 0 Å². The fourth-order valence-corrected chi connectivity index (χ4v) is 6.22. The van der Waals surface area contributed by atoms with Crippen molar-refractivity contribution in [3.8, 4) is 6.07 Å². The molecular weight excluding hydrogens is 360 g/mol. The molecule has 1 amide bonds. The van der Waals surface area contributed by atoms with Gasteiger partial charge >= 0.3 is 0 Å². The van der Waals surface area contributed by atoms with Gasteiger partial charge in [0.05, 0.1) is 18.2 Å². The molecule has 3 fully saturated rings. The van der Waals surface area contributed by atoms with Crippen molar-refractivity contribution < 1.29 is 4.79 Å². The molecule has 4 rings (SSSR count). The van der Waals surface area contributed by atoms with Gasteiger partial charge in [0.15, 0.2) is 0 Å². The van der Waals surface area contributed by atoms with E-state index in [-0.39, 0.29) is 29.4 Å². The lowest BCUT2D eigenvalue weighted by Gasteiger charge is -2.51. The molecule has 5 heteroatoms. The van der Waals surface area contributed by atoms with Crippen LogP contribution in [-0.2, 0) is 4.79 Å². The highest BCUT2D eigenvalue weighted by Crippen LogP contribution is 2.45. The van der Waals surface area contributed by atoms with E-state index in [2.05, 4.69) is 37.1 Å². The Kier molecular flexibility index (Phi) is 5.91. The molecule has 1 aliphatic heterocycles. The Morgan fingerprint density at radius 2 is 2.00 bits per heavy atom. The summed E-state index contributed by atoms with van der Waals surface area (Å²) in [6, 6.07) is 3.00. The Morgan fingerprint density at radius 3 is 2.62 bits per heavy atom. The third kappa shape index (κ3) is 4.18. The fourth-order valence-electron chi connectivity index (χ4n) is 6.22. The Labute approximate surface area is 176 Å². The van der Waals surface area contributed by atoms with E-state index < -0.39 is 0 Å². The Balaban J connectivity index is 1.41. The molecule has 0 saturated heterocycles. The second kappa shape index (κ2) is 8.28. The second-order valence-corrected chi connectivity index (χ2v) is 10.7. The molecule has 4 atom stereocenters. The van der Waals surface area contributed by atoms with Crippen molar-refractivity contribution in [2.45, 2.75) is 109 Å². The monoisotopic (exact) mass is 398 g/mol. The minimum Gasteiger partial charge on any atom is -0.332 e. The summed E-state index contributed by atoms with van der Waals surface area (Å²) in [4.78, 5) is 20.3. The summed E-state index contributed by atoms with van der Waals surface area (Å²) in [7, 11) is 0. The van der Waals surface area contributed by atoms with Crippen molar-refractivity contribution in [1.82, 2.24) is 10.2 Å². The number of fused-ring (bicyclic) bond motifs is 1. The Bertz CT molecular complexity index is 683. The first-order valence-corrected chi connectivity index (χ1v) is 12.0. The Morgan fingerprint density at radius 1 is 1.28 bits per heavy atom. The van der Waals surface area contributed by atoms with E-state index in [1.807, 2.05) is 0 Å². The van der Waals surface area contributed by atoms with E-state index in [1.54, 1.807) is 0 Å². The lowest BCUT2D eigenvalue weighted by atomic mass is 9.74. The number of rotatable bonds is 4. The molecule has 1 heterocycles. The highest BCUT2D eigenvalue weighted by atomic mass is 16.1. The van der Waals surface area contributed by atoms with Crippen LogP contribution in [0.2, 0.25) is 0 Å². The van der Waals surface area contributed by atoms with Crippen LogP contribution in [0, 0.1) is 35.0 Å². The van der Waals surface area contributed by atoms with Crippen LogP contribution >= 0.6 is 0 Å². The van der Waals surface area contributed by atoms with Crippen LogP contribution in [0.15, 0.2) is 4.99 Å². The predicted octanol–water partition coefficient (Wildman–Crippen LogP) is 4.63. The average Bonchev–Trinajstić information content (AvgIpc) is 3.03. The fraction of sp³-hybridized carbons (Fsp3) is 0.875. The molecule has 3 unspecified atom stereocenters. The smallest absolute Gasteiger partial charge is 0.226 e. The molecule has 3 saturated carbocycles. The number of hydrogen-bond acceptors (Lipinski definition) is 4. The van der Waals surface area contributed by atoms with Gasteiger partial charge in [-0.05, 0) is 76.0 Å². The summed E-state index contributed by atoms with van der Waals surface area (Å²) >= 11 is 0. The number of nitriles is 1. The van der Waals surface area contributed by atoms with Crippen molar-refractivity contribution in [2.24, 2.45) is 28.7 Å². The molecule has 160 valence electrons. The zero-order valence-corrected chi connectivity index (χ0v) is 18.5. The molecule has 29 heavy (non-hydrogen) atoms. The average molecular weight is 399 g/mol. The number of carbonyl (C=O) groups is 1. The van der Waals surface area contributed by atoms with Gasteiger partial charge < -0.3 is 4.90 Å². The van der Waals surface area contributed by atoms with Crippen LogP contribution in [0.1, 0.15) is 91.4 Å². The number of guanidine groups is 1. The maximum atomic E-state index is 13.0. The van der Waals surface area contributed by atoms with E-state index in [0.717, 1.165) is 44.0 Å². The molecule has 1 N–H and O–H groups in total. The second-order valence-electron chi connectivity index (χ2n) is 10.7. The first kappa shape index (κ1) is 20.7. The van der Waals surface area contributed by atoms with Gasteiger partial charge in [-0.2, -0.15) is 5.26 Å². The van der Waals surface area contributed by atoms with Crippen LogP contribution in [0.3, 0.4) is 0 Å². The maximum absolute atomic E-state index is 13.0.